The number of nitro groups is 1. The van der Waals surface area contributed by atoms with Crippen molar-refractivity contribution in [2.75, 3.05) is 11.9 Å². The molecule has 0 aliphatic heterocycles. The zero-order valence-corrected chi connectivity index (χ0v) is 11.1. The van der Waals surface area contributed by atoms with Crippen molar-refractivity contribution in [3.63, 3.8) is 0 Å². The smallest absolute Gasteiger partial charge is 0.312 e. The molecule has 1 aliphatic carbocycles. The molecule has 3 N–H and O–H groups in total. The summed E-state index contributed by atoms with van der Waals surface area (Å²) in [7, 11) is 0. The fraction of sp³-hybridized carbons (Fsp3) is 0.538. The van der Waals surface area contributed by atoms with Crippen LogP contribution in [0.2, 0.25) is 0 Å². The van der Waals surface area contributed by atoms with Crippen molar-refractivity contribution in [3.05, 3.63) is 27.9 Å². The minimum absolute atomic E-state index is 0.0170. The third-order valence-corrected chi connectivity index (χ3v) is 3.74. The monoisotopic (exact) mass is 275 g/mol. The Morgan fingerprint density at radius 1 is 1.60 bits per heavy atom. The molecule has 1 fully saturated rings. The van der Waals surface area contributed by atoms with Crippen molar-refractivity contribution >= 4 is 11.5 Å². The van der Waals surface area contributed by atoms with Crippen LogP contribution in [0.3, 0.4) is 0 Å². The van der Waals surface area contributed by atoms with Gasteiger partial charge in [0, 0.05) is 24.8 Å². The van der Waals surface area contributed by atoms with Gasteiger partial charge in [0.1, 0.15) is 6.07 Å². The van der Waals surface area contributed by atoms with Crippen LogP contribution in [-0.2, 0) is 0 Å². The highest BCUT2D eigenvalue weighted by Crippen LogP contribution is 2.31. The molecule has 1 aromatic heterocycles. The van der Waals surface area contributed by atoms with Crippen molar-refractivity contribution in [1.29, 1.82) is 5.26 Å². The van der Waals surface area contributed by atoms with Crippen LogP contribution >= 0.6 is 0 Å². The topological polar surface area (TPSA) is 118 Å². The fourth-order valence-electron chi connectivity index (χ4n) is 2.67. The van der Waals surface area contributed by atoms with Crippen LogP contribution in [0, 0.1) is 27.4 Å². The van der Waals surface area contributed by atoms with E-state index in [1.165, 1.54) is 25.1 Å². The van der Waals surface area contributed by atoms with Gasteiger partial charge < -0.3 is 11.1 Å². The van der Waals surface area contributed by atoms with Crippen LogP contribution in [0.5, 0.6) is 0 Å². The summed E-state index contributed by atoms with van der Waals surface area (Å²) >= 11 is 0. The summed E-state index contributed by atoms with van der Waals surface area (Å²) in [6.45, 7) is 0.406. The highest BCUT2D eigenvalue weighted by molar-refractivity contribution is 5.58. The standard InChI is InChI=1S/C13H17N5O2/c14-6-9-5-12(18(19)20)13(16-8-9)17-11(7-15)10-3-1-2-4-10/h5,8,10-11H,1-4,7,15H2,(H,16,17). The molecule has 0 spiro atoms. The summed E-state index contributed by atoms with van der Waals surface area (Å²) < 4.78 is 0. The lowest BCUT2D eigenvalue weighted by molar-refractivity contribution is -0.384. The summed E-state index contributed by atoms with van der Waals surface area (Å²) in [5.74, 6) is 0.619. The Hall–Kier alpha value is -2.20. The Kier molecular flexibility index (Phi) is 4.48. The van der Waals surface area contributed by atoms with Gasteiger partial charge in [0.15, 0.2) is 0 Å². The molecule has 0 bridgehead atoms. The van der Waals surface area contributed by atoms with Gasteiger partial charge in [-0.1, -0.05) is 12.8 Å². The normalized spacial score (nSPS) is 16.6. The number of pyridine rings is 1. The van der Waals surface area contributed by atoms with Crippen LogP contribution in [0.25, 0.3) is 0 Å². The van der Waals surface area contributed by atoms with Gasteiger partial charge in [-0.2, -0.15) is 5.26 Å². The molecule has 2 rings (SSSR count). The third-order valence-electron chi connectivity index (χ3n) is 3.74. The maximum absolute atomic E-state index is 11.1. The van der Waals surface area contributed by atoms with Crippen molar-refractivity contribution < 1.29 is 4.92 Å². The van der Waals surface area contributed by atoms with E-state index in [-0.39, 0.29) is 23.1 Å². The summed E-state index contributed by atoms with van der Waals surface area (Å²) in [4.78, 5) is 14.5. The lowest BCUT2D eigenvalue weighted by atomic mass is 9.98. The number of nitrogens with two attached hydrogens (primary N) is 1. The Labute approximate surface area is 117 Å². The third kappa shape index (κ3) is 3.03. The predicted molar refractivity (Wildman–Crippen MR) is 74.0 cm³/mol. The van der Waals surface area contributed by atoms with Crippen molar-refractivity contribution in [1.82, 2.24) is 4.98 Å². The predicted octanol–water partition coefficient (Wildman–Crippen LogP) is 1.79. The molecule has 1 aromatic rings. The number of aromatic nitrogens is 1. The van der Waals surface area contributed by atoms with E-state index >= 15 is 0 Å². The zero-order chi connectivity index (χ0) is 14.5. The molecule has 1 atom stereocenters. The van der Waals surface area contributed by atoms with Gasteiger partial charge in [-0.25, -0.2) is 4.98 Å². The summed E-state index contributed by atoms with van der Waals surface area (Å²) in [6, 6.07) is 3.07. The van der Waals surface area contributed by atoms with Gasteiger partial charge in [0.2, 0.25) is 5.82 Å². The first-order chi connectivity index (χ1) is 9.65. The molecule has 106 valence electrons. The number of rotatable bonds is 5. The van der Waals surface area contributed by atoms with E-state index in [1.54, 1.807) is 0 Å². The summed E-state index contributed by atoms with van der Waals surface area (Å²) in [6.07, 6.45) is 5.84. The van der Waals surface area contributed by atoms with Crippen LogP contribution in [0.1, 0.15) is 31.2 Å². The molecule has 0 saturated heterocycles. The van der Waals surface area contributed by atoms with E-state index in [2.05, 4.69) is 10.3 Å². The number of nitrogens with zero attached hydrogens (tertiary/aromatic N) is 3. The molecule has 1 aliphatic rings. The molecule has 0 amide bonds. The number of anilines is 1. The van der Waals surface area contributed by atoms with E-state index in [0.717, 1.165) is 12.8 Å². The Morgan fingerprint density at radius 3 is 2.85 bits per heavy atom. The first-order valence-electron chi connectivity index (χ1n) is 6.67. The second-order valence-electron chi connectivity index (χ2n) is 4.99. The first-order valence-corrected chi connectivity index (χ1v) is 6.67. The highest BCUT2D eigenvalue weighted by Gasteiger charge is 2.26. The van der Waals surface area contributed by atoms with Gasteiger partial charge in [0.05, 0.1) is 10.5 Å². The molecule has 0 radical (unpaired) electrons. The van der Waals surface area contributed by atoms with Crippen LogP contribution in [-0.4, -0.2) is 22.5 Å². The van der Waals surface area contributed by atoms with Gasteiger partial charge in [0.25, 0.3) is 0 Å². The van der Waals surface area contributed by atoms with E-state index in [1.807, 2.05) is 6.07 Å². The second kappa shape index (κ2) is 6.30. The molecular formula is C13H17N5O2. The maximum atomic E-state index is 11.1. The Morgan fingerprint density at radius 2 is 2.30 bits per heavy atom. The van der Waals surface area contributed by atoms with E-state index < -0.39 is 4.92 Å². The minimum Gasteiger partial charge on any atom is -0.360 e. The van der Waals surface area contributed by atoms with E-state index in [9.17, 15) is 10.1 Å². The molecule has 7 heteroatoms. The fourth-order valence-corrected chi connectivity index (χ4v) is 2.67. The van der Waals surface area contributed by atoms with Crippen LogP contribution in [0.4, 0.5) is 11.5 Å². The molecule has 1 unspecified atom stereocenters. The second-order valence-corrected chi connectivity index (χ2v) is 4.99. The highest BCUT2D eigenvalue weighted by atomic mass is 16.6. The molecular weight excluding hydrogens is 258 g/mol. The van der Waals surface area contributed by atoms with Crippen molar-refractivity contribution in [2.45, 2.75) is 31.7 Å². The van der Waals surface area contributed by atoms with Gasteiger partial charge in [-0.15, -0.1) is 0 Å². The maximum Gasteiger partial charge on any atom is 0.312 e. The van der Waals surface area contributed by atoms with Gasteiger partial charge in [-0.05, 0) is 18.8 Å². The van der Waals surface area contributed by atoms with Crippen molar-refractivity contribution in [2.24, 2.45) is 11.7 Å². The van der Waals surface area contributed by atoms with Gasteiger partial charge in [-0.3, -0.25) is 10.1 Å². The number of nitriles is 1. The molecule has 0 aromatic carbocycles. The number of nitrogens with one attached hydrogen (secondary N) is 1. The van der Waals surface area contributed by atoms with Crippen LogP contribution in [0.15, 0.2) is 12.3 Å². The van der Waals surface area contributed by atoms with Gasteiger partial charge >= 0.3 is 5.69 Å². The largest absolute Gasteiger partial charge is 0.360 e. The lowest BCUT2D eigenvalue weighted by Gasteiger charge is -2.23. The zero-order valence-electron chi connectivity index (χ0n) is 11.1. The quantitative estimate of drug-likeness (QED) is 0.624. The number of hydrogen-bond donors (Lipinski definition) is 2. The average molecular weight is 275 g/mol. The molecule has 1 saturated carbocycles. The first kappa shape index (κ1) is 14.2. The van der Waals surface area contributed by atoms with E-state index in [4.69, 9.17) is 11.0 Å². The molecule has 1 heterocycles. The summed E-state index contributed by atoms with van der Waals surface area (Å²) in [5.41, 5.74) is 5.76. The SMILES string of the molecule is N#Cc1cnc(NC(CN)C2CCCC2)c([N+](=O)[O-])c1. The summed E-state index contributed by atoms with van der Waals surface area (Å²) in [5, 5.41) is 22.9. The molecule has 7 nitrogen and oxygen atoms in total. The van der Waals surface area contributed by atoms with E-state index in [0.29, 0.717) is 12.5 Å². The lowest BCUT2D eigenvalue weighted by Crippen LogP contribution is -2.35. The van der Waals surface area contributed by atoms with Crippen LogP contribution < -0.4 is 11.1 Å². The molecule has 20 heavy (non-hydrogen) atoms. The van der Waals surface area contributed by atoms with Crippen molar-refractivity contribution in [3.8, 4) is 6.07 Å². The Bertz CT molecular complexity index is 534. The average Bonchev–Trinajstić information content (AvgIpc) is 2.98. The Balaban J connectivity index is 2.23. The minimum atomic E-state index is -0.529. The number of hydrogen-bond acceptors (Lipinski definition) is 6.